The van der Waals surface area contributed by atoms with Gasteiger partial charge in [0.25, 0.3) is 0 Å². The van der Waals surface area contributed by atoms with E-state index < -0.39 is 0 Å². The van der Waals surface area contributed by atoms with Crippen molar-refractivity contribution in [3.8, 4) is 0 Å². The van der Waals surface area contributed by atoms with Crippen LogP contribution in [0.5, 0.6) is 0 Å². The molecule has 1 aliphatic heterocycles. The third-order valence-corrected chi connectivity index (χ3v) is 1.94. The third kappa shape index (κ3) is 1.35. The zero-order valence-corrected chi connectivity index (χ0v) is 6.04. The number of carbonyl (C=O) groups excluding carboxylic acids is 2. The van der Waals surface area contributed by atoms with Crippen LogP contribution in [0.2, 0.25) is 0 Å². The van der Waals surface area contributed by atoms with Crippen LogP contribution in [0.15, 0.2) is 0 Å². The molecular formula is C7H11NO2. The van der Waals surface area contributed by atoms with E-state index in [1.807, 2.05) is 0 Å². The molecule has 1 saturated heterocycles. The highest BCUT2D eigenvalue weighted by Crippen LogP contribution is 2.14. The molecule has 56 valence electrons. The summed E-state index contributed by atoms with van der Waals surface area (Å²) < 4.78 is 0. The minimum Gasteiger partial charge on any atom is -0.345 e. The van der Waals surface area contributed by atoms with Crippen LogP contribution in [-0.2, 0) is 9.59 Å². The predicted octanol–water partition coefficient (Wildman–Crippen LogP) is 0.0537. The highest BCUT2D eigenvalue weighted by Gasteiger charge is 2.24. The maximum Gasteiger partial charge on any atom is 0.209 e. The summed E-state index contributed by atoms with van der Waals surface area (Å²) in [5, 5.41) is 0. The Balaban J connectivity index is 2.42. The van der Waals surface area contributed by atoms with Crippen LogP contribution >= 0.6 is 0 Å². The van der Waals surface area contributed by atoms with Crippen molar-refractivity contribution >= 4 is 12.2 Å². The molecule has 0 aromatic heterocycles. The Morgan fingerprint density at radius 1 is 1.70 bits per heavy atom. The summed E-state index contributed by atoms with van der Waals surface area (Å²) in [7, 11) is 0. The van der Waals surface area contributed by atoms with Crippen LogP contribution in [0.3, 0.4) is 0 Å². The first-order chi connectivity index (χ1) is 4.74. The van der Waals surface area contributed by atoms with Gasteiger partial charge in [0.15, 0.2) is 0 Å². The molecule has 1 atom stereocenters. The maximum atomic E-state index is 10.8. The van der Waals surface area contributed by atoms with E-state index in [0.717, 1.165) is 19.4 Å². The number of Topliss-reactive ketones (excluding diaryl/α,β-unsaturated/α-hetero) is 1. The molecule has 1 aliphatic rings. The molecule has 1 heterocycles. The average Bonchev–Trinajstić information content (AvgIpc) is 2.34. The fraction of sp³-hybridized carbons (Fsp3) is 0.714. The molecule has 1 amide bonds. The number of rotatable bonds is 2. The Morgan fingerprint density at radius 3 is 2.70 bits per heavy atom. The van der Waals surface area contributed by atoms with Gasteiger partial charge in [-0.1, -0.05) is 0 Å². The molecule has 10 heavy (non-hydrogen) atoms. The first kappa shape index (κ1) is 7.25. The summed E-state index contributed by atoms with van der Waals surface area (Å²) in [5.41, 5.74) is 0. The van der Waals surface area contributed by atoms with Crippen molar-refractivity contribution in [2.24, 2.45) is 5.92 Å². The van der Waals surface area contributed by atoms with Gasteiger partial charge in [-0.15, -0.1) is 0 Å². The van der Waals surface area contributed by atoms with Crippen LogP contribution < -0.4 is 0 Å². The molecule has 0 spiro atoms. The van der Waals surface area contributed by atoms with E-state index in [4.69, 9.17) is 0 Å². The van der Waals surface area contributed by atoms with Crippen LogP contribution in [0.4, 0.5) is 0 Å². The molecule has 0 unspecified atom stereocenters. The van der Waals surface area contributed by atoms with Crippen molar-refractivity contribution in [3.63, 3.8) is 0 Å². The van der Waals surface area contributed by atoms with Crippen LogP contribution in [-0.4, -0.2) is 30.2 Å². The molecular weight excluding hydrogens is 130 g/mol. The zero-order valence-electron chi connectivity index (χ0n) is 6.04. The summed E-state index contributed by atoms with van der Waals surface area (Å²) in [6.45, 7) is 2.95. The summed E-state index contributed by atoms with van der Waals surface area (Å²) >= 11 is 0. The van der Waals surface area contributed by atoms with E-state index >= 15 is 0 Å². The fourth-order valence-corrected chi connectivity index (χ4v) is 1.21. The van der Waals surface area contributed by atoms with Crippen molar-refractivity contribution in [2.75, 3.05) is 13.1 Å². The molecule has 0 aromatic rings. The highest BCUT2D eigenvalue weighted by molar-refractivity contribution is 5.79. The normalized spacial score (nSPS) is 24.9. The molecule has 0 bridgehead atoms. The van der Waals surface area contributed by atoms with E-state index in [0.29, 0.717) is 6.54 Å². The number of likely N-dealkylation sites (tertiary alicyclic amines) is 1. The minimum atomic E-state index is 0.102. The van der Waals surface area contributed by atoms with Gasteiger partial charge in [-0.05, 0) is 13.3 Å². The highest BCUT2D eigenvalue weighted by atomic mass is 16.1. The standard InChI is InChI=1S/C7H11NO2/c1-6(10)7-2-3-8(4-7)5-9/h5,7H,2-4H2,1H3/t7-/m1/s1. The smallest absolute Gasteiger partial charge is 0.209 e. The van der Waals surface area contributed by atoms with Gasteiger partial charge in [-0.2, -0.15) is 0 Å². The van der Waals surface area contributed by atoms with Gasteiger partial charge in [-0.25, -0.2) is 0 Å². The molecule has 3 nitrogen and oxygen atoms in total. The second-order valence-corrected chi connectivity index (χ2v) is 2.70. The number of hydrogen-bond donors (Lipinski definition) is 0. The lowest BCUT2D eigenvalue weighted by molar-refractivity contribution is -0.121. The first-order valence-electron chi connectivity index (χ1n) is 3.44. The van der Waals surface area contributed by atoms with Gasteiger partial charge >= 0.3 is 0 Å². The van der Waals surface area contributed by atoms with Gasteiger partial charge in [0.05, 0.1) is 0 Å². The molecule has 1 fully saturated rings. The van der Waals surface area contributed by atoms with Crippen LogP contribution in [0.25, 0.3) is 0 Å². The van der Waals surface area contributed by atoms with Crippen molar-refractivity contribution in [1.29, 1.82) is 0 Å². The summed E-state index contributed by atoms with van der Waals surface area (Å²) in [6.07, 6.45) is 1.65. The van der Waals surface area contributed by atoms with Crippen LogP contribution in [0.1, 0.15) is 13.3 Å². The van der Waals surface area contributed by atoms with E-state index in [2.05, 4.69) is 0 Å². The number of carbonyl (C=O) groups is 2. The van der Waals surface area contributed by atoms with E-state index in [1.165, 1.54) is 0 Å². The lowest BCUT2D eigenvalue weighted by Gasteiger charge is -2.06. The molecule has 3 heteroatoms. The fourth-order valence-electron chi connectivity index (χ4n) is 1.21. The number of hydrogen-bond acceptors (Lipinski definition) is 2. The maximum absolute atomic E-state index is 10.8. The monoisotopic (exact) mass is 141 g/mol. The van der Waals surface area contributed by atoms with Crippen molar-refractivity contribution in [1.82, 2.24) is 4.90 Å². The number of ketones is 1. The Labute approximate surface area is 60.0 Å². The third-order valence-electron chi connectivity index (χ3n) is 1.94. The summed E-state index contributed by atoms with van der Waals surface area (Å²) in [4.78, 5) is 22.6. The van der Waals surface area contributed by atoms with Crippen molar-refractivity contribution < 1.29 is 9.59 Å². The topological polar surface area (TPSA) is 37.4 Å². The lowest BCUT2D eigenvalue weighted by atomic mass is 10.1. The molecule has 0 aliphatic carbocycles. The minimum absolute atomic E-state index is 0.102. The van der Waals surface area contributed by atoms with Gasteiger partial charge in [0, 0.05) is 19.0 Å². The van der Waals surface area contributed by atoms with Gasteiger partial charge in [-0.3, -0.25) is 9.59 Å². The SMILES string of the molecule is CC(=O)[C@@H]1CCN(C=O)C1. The van der Waals surface area contributed by atoms with E-state index in [9.17, 15) is 9.59 Å². The van der Waals surface area contributed by atoms with E-state index in [-0.39, 0.29) is 11.7 Å². The molecule has 0 radical (unpaired) electrons. The second kappa shape index (κ2) is 2.82. The van der Waals surface area contributed by atoms with Gasteiger partial charge < -0.3 is 4.90 Å². The largest absolute Gasteiger partial charge is 0.345 e. The molecule has 0 aromatic carbocycles. The molecule has 0 N–H and O–H groups in total. The Hall–Kier alpha value is -0.860. The Bertz CT molecular complexity index is 156. The average molecular weight is 141 g/mol. The van der Waals surface area contributed by atoms with Crippen molar-refractivity contribution in [3.05, 3.63) is 0 Å². The number of nitrogens with zero attached hydrogens (tertiary/aromatic N) is 1. The lowest BCUT2D eigenvalue weighted by Crippen LogP contribution is -2.20. The Kier molecular flexibility index (Phi) is 2.04. The first-order valence-corrected chi connectivity index (χ1v) is 3.44. The second-order valence-electron chi connectivity index (χ2n) is 2.70. The summed E-state index contributed by atoms with van der Waals surface area (Å²) in [5.74, 6) is 0.301. The van der Waals surface area contributed by atoms with E-state index in [1.54, 1.807) is 11.8 Å². The zero-order chi connectivity index (χ0) is 7.56. The van der Waals surface area contributed by atoms with Crippen molar-refractivity contribution in [2.45, 2.75) is 13.3 Å². The van der Waals surface area contributed by atoms with Gasteiger partial charge in [0.1, 0.15) is 5.78 Å². The Morgan fingerprint density at radius 2 is 2.40 bits per heavy atom. The predicted molar refractivity (Wildman–Crippen MR) is 36.4 cm³/mol. The van der Waals surface area contributed by atoms with Gasteiger partial charge in [0.2, 0.25) is 6.41 Å². The van der Waals surface area contributed by atoms with Crippen LogP contribution in [0, 0.1) is 5.92 Å². The molecule has 0 saturated carbocycles. The molecule has 1 rings (SSSR count). The summed E-state index contributed by atoms with van der Waals surface area (Å²) in [6, 6.07) is 0. The number of amides is 1. The quantitative estimate of drug-likeness (QED) is 0.510.